The number of hydrogen-bond donors (Lipinski definition) is 2. The second-order valence-corrected chi connectivity index (χ2v) is 3.54. The number of cyclic esters (lactones) is 1. The van der Waals surface area contributed by atoms with E-state index in [2.05, 4.69) is 0 Å². The molecule has 0 aromatic heterocycles. The molecule has 80 valence electrons. The maximum Gasteiger partial charge on any atom is 0.306 e. The van der Waals surface area contributed by atoms with Gasteiger partial charge >= 0.3 is 5.97 Å². The minimum absolute atomic E-state index is 0.200. The molecule has 0 saturated heterocycles. The van der Waals surface area contributed by atoms with Crippen LogP contribution in [0.2, 0.25) is 0 Å². The third-order valence-corrected chi connectivity index (χ3v) is 2.22. The van der Waals surface area contributed by atoms with E-state index < -0.39 is 18.3 Å². The number of hydrogen-bond acceptors (Lipinski definition) is 4. The van der Waals surface area contributed by atoms with Gasteiger partial charge in [0.1, 0.15) is 12.2 Å². The predicted octanol–water partition coefficient (Wildman–Crippen LogP) is 0.380. The van der Waals surface area contributed by atoms with E-state index in [0.29, 0.717) is 12.8 Å². The summed E-state index contributed by atoms with van der Waals surface area (Å²) in [5, 5.41) is 18.8. The molecule has 1 heterocycles. The molecule has 0 fully saturated rings. The maximum atomic E-state index is 11.1. The summed E-state index contributed by atoms with van der Waals surface area (Å²) in [7, 11) is 0. The van der Waals surface area contributed by atoms with Crippen molar-refractivity contribution in [1.29, 1.82) is 0 Å². The number of esters is 1. The van der Waals surface area contributed by atoms with Gasteiger partial charge in [0, 0.05) is 6.42 Å². The highest BCUT2D eigenvalue weighted by molar-refractivity contribution is 5.69. The summed E-state index contributed by atoms with van der Waals surface area (Å²) < 4.78 is 4.94. The van der Waals surface area contributed by atoms with Gasteiger partial charge in [0.05, 0.1) is 6.10 Å². The summed E-state index contributed by atoms with van der Waals surface area (Å²) in [6, 6.07) is 0. The Morgan fingerprint density at radius 1 is 1.50 bits per heavy atom. The van der Waals surface area contributed by atoms with Crippen molar-refractivity contribution < 1.29 is 19.7 Å². The topological polar surface area (TPSA) is 66.8 Å². The van der Waals surface area contributed by atoms with Gasteiger partial charge in [-0.2, -0.15) is 0 Å². The van der Waals surface area contributed by atoms with Crippen molar-refractivity contribution in [2.45, 2.75) is 44.5 Å². The minimum Gasteiger partial charge on any atom is -0.460 e. The van der Waals surface area contributed by atoms with Crippen LogP contribution in [0, 0.1) is 0 Å². The quantitative estimate of drug-likeness (QED) is 0.438. The molecule has 0 amide bonds. The fraction of sp³-hybridized carbons (Fsp3) is 0.700. The van der Waals surface area contributed by atoms with Crippen molar-refractivity contribution in [1.82, 2.24) is 0 Å². The Balaban J connectivity index is 2.62. The van der Waals surface area contributed by atoms with Gasteiger partial charge < -0.3 is 14.9 Å². The lowest BCUT2D eigenvalue weighted by atomic mass is 10.1. The third kappa shape index (κ3) is 3.47. The molecule has 4 heteroatoms. The molecule has 0 bridgehead atoms. The van der Waals surface area contributed by atoms with Crippen molar-refractivity contribution in [2.24, 2.45) is 0 Å². The minimum atomic E-state index is -0.788. The zero-order valence-electron chi connectivity index (χ0n) is 8.22. The van der Waals surface area contributed by atoms with E-state index in [1.54, 1.807) is 19.1 Å². The van der Waals surface area contributed by atoms with E-state index in [1.807, 2.05) is 0 Å². The van der Waals surface area contributed by atoms with E-state index in [1.165, 1.54) is 0 Å². The molecule has 2 N–H and O–H groups in total. The van der Waals surface area contributed by atoms with Crippen LogP contribution in [0.4, 0.5) is 0 Å². The second-order valence-electron chi connectivity index (χ2n) is 3.54. The molecule has 0 aliphatic carbocycles. The number of carbonyl (C=O) groups is 1. The Hall–Kier alpha value is -0.870. The smallest absolute Gasteiger partial charge is 0.306 e. The zero-order chi connectivity index (χ0) is 10.6. The van der Waals surface area contributed by atoms with Crippen LogP contribution in [0.5, 0.6) is 0 Å². The van der Waals surface area contributed by atoms with Gasteiger partial charge in [-0.3, -0.25) is 4.79 Å². The average molecular weight is 200 g/mol. The van der Waals surface area contributed by atoms with Crippen molar-refractivity contribution in [2.75, 3.05) is 0 Å². The Morgan fingerprint density at radius 2 is 2.21 bits per heavy atom. The average Bonchev–Trinajstić information content (AvgIpc) is 2.13. The first-order chi connectivity index (χ1) is 6.59. The molecule has 1 aliphatic rings. The number of aliphatic hydroxyl groups excluding tert-OH is 2. The molecule has 1 rings (SSSR count). The highest BCUT2D eigenvalue weighted by Crippen LogP contribution is 2.10. The first-order valence-corrected chi connectivity index (χ1v) is 4.82. The summed E-state index contributed by atoms with van der Waals surface area (Å²) in [4.78, 5) is 11.1. The summed E-state index contributed by atoms with van der Waals surface area (Å²) >= 11 is 0. The lowest BCUT2D eigenvalue weighted by Crippen LogP contribution is -2.28. The number of ether oxygens (including phenoxy) is 1. The van der Waals surface area contributed by atoms with Crippen LogP contribution in [0.3, 0.4) is 0 Å². The van der Waals surface area contributed by atoms with Crippen LogP contribution in [-0.4, -0.2) is 34.5 Å². The van der Waals surface area contributed by atoms with Gasteiger partial charge in [0.2, 0.25) is 0 Å². The van der Waals surface area contributed by atoms with Gasteiger partial charge in [-0.25, -0.2) is 0 Å². The molecular formula is C10H16O4. The predicted molar refractivity (Wildman–Crippen MR) is 50.6 cm³/mol. The first-order valence-electron chi connectivity index (χ1n) is 4.82. The third-order valence-electron chi connectivity index (χ3n) is 2.22. The Kier molecular flexibility index (Phi) is 4.10. The SMILES string of the molecule is CC1OC(=O)CCC(O)CC=CC1O. The molecule has 0 saturated carbocycles. The normalized spacial score (nSPS) is 35.1. The molecule has 0 aromatic carbocycles. The highest BCUT2D eigenvalue weighted by atomic mass is 16.6. The fourth-order valence-corrected chi connectivity index (χ4v) is 1.27. The van der Waals surface area contributed by atoms with Crippen LogP contribution in [0.25, 0.3) is 0 Å². The summed E-state index contributed by atoms with van der Waals surface area (Å²) in [6.07, 6.45) is 2.50. The molecule has 0 spiro atoms. The molecule has 3 unspecified atom stereocenters. The maximum absolute atomic E-state index is 11.1. The molecular weight excluding hydrogens is 184 g/mol. The fourth-order valence-electron chi connectivity index (χ4n) is 1.27. The Labute approximate surface area is 83.2 Å². The van der Waals surface area contributed by atoms with Gasteiger partial charge in [-0.15, -0.1) is 0 Å². The Bertz CT molecular complexity index is 224. The highest BCUT2D eigenvalue weighted by Gasteiger charge is 2.18. The van der Waals surface area contributed by atoms with Gasteiger partial charge in [0.15, 0.2) is 0 Å². The first kappa shape index (κ1) is 11.2. The van der Waals surface area contributed by atoms with Crippen molar-refractivity contribution in [3.8, 4) is 0 Å². The number of aliphatic hydroxyl groups is 2. The van der Waals surface area contributed by atoms with Crippen LogP contribution < -0.4 is 0 Å². The van der Waals surface area contributed by atoms with E-state index in [0.717, 1.165) is 0 Å². The van der Waals surface area contributed by atoms with Crippen LogP contribution in [0.1, 0.15) is 26.2 Å². The molecule has 14 heavy (non-hydrogen) atoms. The molecule has 0 radical (unpaired) electrons. The number of rotatable bonds is 0. The molecule has 0 aromatic rings. The molecule has 4 nitrogen and oxygen atoms in total. The zero-order valence-corrected chi connectivity index (χ0v) is 8.22. The molecule has 3 atom stereocenters. The van der Waals surface area contributed by atoms with E-state index >= 15 is 0 Å². The summed E-state index contributed by atoms with van der Waals surface area (Å²) in [5.74, 6) is -0.370. The standard InChI is InChI=1S/C10H16O4/c1-7-9(12)4-2-3-8(11)5-6-10(13)14-7/h2,4,7-9,11-12H,3,5-6H2,1H3. The van der Waals surface area contributed by atoms with Crippen LogP contribution in [0.15, 0.2) is 12.2 Å². The van der Waals surface area contributed by atoms with Gasteiger partial charge in [-0.05, 0) is 19.8 Å². The lowest BCUT2D eigenvalue weighted by molar-refractivity contribution is -0.152. The summed E-state index contributed by atoms with van der Waals surface area (Å²) in [6.45, 7) is 1.64. The molecule has 1 aliphatic heterocycles. The van der Waals surface area contributed by atoms with Crippen molar-refractivity contribution >= 4 is 5.97 Å². The van der Waals surface area contributed by atoms with E-state index in [4.69, 9.17) is 4.74 Å². The van der Waals surface area contributed by atoms with Crippen LogP contribution >= 0.6 is 0 Å². The summed E-state index contributed by atoms with van der Waals surface area (Å²) in [5.41, 5.74) is 0. The van der Waals surface area contributed by atoms with Gasteiger partial charge in [-0.1, -0.05) is 12.2 Å². The van der Waals surface area contributed by atoms with Crippen molar-refractivity contribution in [3.63, 3.8) is 0 Å². The van der Waals surface area contributed by atoms with Gasteiger partial charge in [0.25, 0.3) is 0 Å². The van der Waals surface area contributed by atoms with Crippen molar-refractivity contribution in [3.05, 3.63) is 12.2 Å². The Morgan fingerprint density at radius 3 is 2.93 bits per heavy atom. The van der Waals surface area contributed by atoms with E-state index in [-0.39, 0.29) is 12.4 Å². The number of carbonyl (C=O) groups excluding carboxylic acids is 1. The van der Waals surface area contributed by atoms with Crippen LogP contribution in [-0.2, 0) is 9.53 Å². The van der Waals surface area contributed by atoms with E-state index in [9.17, 15) is 15.0 Å². The monoisotopic (exact) mass is 200 g/mol. The second kappa shape index (κ2) is 5.12. The largest absolute Gasteiger partial charge is 0.460 e. The lowest BCUT2D eigenvalue weighted by Gasteiger charge is -2.18.